The number of rotatable bonds is 2. The van der Waals surface area contributed by atoms with Gasteiger partial charge in [-0.2, -0.15) is 13.2 Å². The Morgan fingerprint density at radius 2 is 2.04 bits per heavy atom. The Balaban J connectivity index is 1.74. The van der Waals surface area contributed by atoms with Crippen molar-refractivity contribution in [2.24, 2.45) is 0 Å². The van der Waals surface area contributed by atoms with Crippen molar-refractivity contribution in [1.29, 1.82) is 0 Å². The number of likely N-dealkylation sites (N-methyl/N-ethyl adjacent to an activating group) is 1. The minimum Gasteiger partial charge on any atom is -0.490 e. The second-order valence-corrected chi connectivity index (χ2v) is 6.10. The van der Waals surface area contributed by atoms with Gasteiger partial charge >= 0.3 is 12.1 Å². The lowest BCUT2D eigenvalue weighted by atomic mass is 10.1. The van der Waals surface area contributed by atoms with Crippen molar-refractivity contribution in [3.05, 3.63) is 18.2 Å². The number of likely N-dealkylation sites (tertiary alicyclic amines) is 1. The number of hydrogen-bond donors (Lipinski definition) is 1. The smallest absolute Gasteiger partial charge is 0.471 e. The number of anilines is 2. The number of ether oxygens (including phenoxy) is 1. The highest BCUT2D eigenvalue weighted by atomic mass is 19.4. The number of fused-ring (bicyclic) bond motifs is 1. The number of nitrogens with one attached hydrogen (secondary N) is 1. The highest BCUT2D eigenvalue weighted by Crippen LogP contribution is 2.33. The Kier molecular flexibility index (Phi) is 4.49. The predicted octanol–water partition coefficient (Wildman–Crippen LogP) is 2.01. The molecule has 2 aliphatic rings. The lowest BCUT2D eigenvalue weighted by Crippen LogP contribution is -2.48. The van der Waals surface area contributed by atoms with Gasteiger partial charge < -0.3 is 19.9 Å². The van der Waals surface area contributed by atoms with Crippen molar-refractivity contribution in [2.45, 2.75) is 25.1 Å². The fourth-order valence-electron chi connectivity index (χ4n) is 3.10. The van der Waals surface area contributed by atoms with Crippen LogP contribution >= 0.6 is 0 Å². The SMILES string of the molecule is CN1CCOc2ccc(NC(=O)C3CCCN3C(=O)C(F)(F)F)cc21. The molecule has 2 amide bonds. The summed E-state index contributed by atoms with van der Waals surface area (Å²) in [4.78, 5) is 26.4. The first-order chi connectivity index (χ1) is 11.8. The van der Waals surface area contributed by atoms with Crippen molar-refractivity contribution >= 4 is 23.2 Å². The first kappa shape index (κ1) is 17.4. The van der Waals surface area contributed by atoms with E-state index in [1.807, 2.05) is 11.9 Å². The van der Waals surface area contributed by atoms with E-state index < -0.39 is 24.0 Å². The van der Waals surface area contributed by atoms with Crippen molar-refractivity contribution in [1.82, 2.24) is 4.90 Å². The summed E-state index contributed by atoms with van der Waals surface area (Å²) in [6, 6.07) is 3.92. The minimum atomic E-state index is -4.98. The van der Waals surface area contributed by atoms with Crippen molar-refractivity contribution in [3.8, 4) is 5.75 Å². The summed E-state index contributed by atoms with van der Waals surface area (Å²) in [6.45, 7) is 1.18. The first-order valence-corrected chi connectivity index (χ1v) is 7.94. The van der Waals surface area contributed by atoms with Crippen LogP contribution in [0.2, 0.25) is 0 Å². The zero-order valence-electron chi connectivity index (χ0n) is 13.6. The molecule has 1 aromatic rings. The molecule has 1 aromatic carbocycles. The third-order valence-electron chi connectivity index (χ3n) is 4.38. The van der Waals surface area contributed by atoms with Gasteiger partial charge in [-0.25, -0.2) is 0 Å². The highest BCUT2D eigenvalue weighted by Gasteiger charge is 2.47. The lowest BCUT2D eigenvalue weighted by molar-refractivity contribution is -0.186. The summed E-state index contributed by atoms with van der Waals surface area (Å²) in [5.41, 5.74) is 1.24. The van der Waals surface area contributed by atoms with Crippen molar-refractivity contribution in [3.63, 3.8) is 0 Å². The number of carbonyl (C=O) groups is 2. The maximum Gasteiger partial charge on any atom is 0.471 e. The molecule has 2 heterocycles. The Labute approximate surface area is 142 Å². The van der Waals surface area contributed by atoms with Gasteiger partial charge in [0.1, 0.15) is 18.4 Å². The molecule has 0 radical (unpaired) electrons. The fraction of sp³-hybridized carbons (Fsp3) is 0.500. The van der Waals surface area contributed by atoms with E-state index >= 15 is 0 Å². The molecule has 6 nitrogen and oxygen atoms in total. The quantitative estimate of drug-likeness (QED) is 0.880. The summed E-state index contributed by atoms with van der Waals surface area (Å²) in [5.74, 6) is -1.90. The van der Waals surface area contributed by atoms with E-state index in [0.717, 1.165) is 5.69 Å². The van der Waals surface area contributed by atoms with E-state index in [-0.39, 0.29) is 13.0 Å². The fourth-order valence-corrected chi connectivity index (χ4v) is 3.10. The molecule has 25 heavy (non-hydrogen) atoms. The molecule has 1 fully saturated rings. The zero-order valence-corrected chi connectivity index (χ0v) is 13.6. The molecule has 0 bridgehead atoms. The molecule has 1 unspecified atom stereocenters. The van der Waals surface area contributed by atoms with Crippen LogP contribution in [0.25, 0.3) is 0 Å². The van der Waals surface area contributed by atoms with Gasteiger partial charge in [0, 0.05) is 19.3 Å². The van der Waals surface area contributed by atoms with Gasteiger partial charge in [0.2, 0.25) is 5.91 Å². The van der Waals surface area contributed by atoms with E-state index in [1.165, 1.54) is 0 Å². The number of alkyl halides is 3. The van der Waals surface area contributed by atoms with Crippen LogP contribution in [0.5, 0.6) is 5.75 Å². The second kappa shape index (κ2) is 6.45. The molecule has 0 aliphatic carbocycles. The Morgan fingerprint density at radius 3 is 2.76 bits per heavy atom. The van der Waals surface area contributed by atoms with E-state index in [2.05, 4.69) is 5.32 Å². The van der Waals surface area contributed by atoms with Crippen LogP contribution in [0.3, 0.4) is 0 Å². The van der Waals surface area contributed by atoms with E-state index in [4.69, 9.17) is 4.74 Å². The van der Waals surface area contributed by atoms with Crippen LogP contribution in [0.1, 0.15) is 12.8 Å². The van der Waals surface area contributed by atoms with Gasteiger partial charge in [0.25, 0.3) is 0 Å². The largest absolute Gasteiger partial charge is 0.490 e. The van der Waals surface area contributed by atoms with Crippen LogP contribution in [-0.4, -0.2) is 55.7 Å². The molecule has 3 rings (SSSR count). The molecular formula is C16H18F3N3O3. The van der Waals surface area contributed by atoms with Crippen LogP contribution in [0, 0.1) is 0 Å². The second-order valence-electron chi connectivity index (χ2n) is 6.10. The maximum atomic E-state index is 12.7. The van der Waals surface area contributed by atoms with Crippen molar-refractivity contribution < 1.29 is 27.5 Å². The van der Waals surface area contributed by atoms with Crippen LogP contribution in [-0.2, 0) is 9.59 Å². The molecule has 0 aromatic heterocycles. The van der Waals surface area contributed by atoms with Gasteiger partial charge in [0.05, 0.1) is 12.2 Å². The number of benzene rings is 1. The Hall–Kier alpha value is -2.45. The molecule has 0 spiro atoms. The molecule has 1 atom stereocenters. The Morgan fingerprint density at radius 1 is 1.28 bits per heavy atom. The summed E-state index contributed by atoms with van der Waals surface area (Å²) < 4.78 is 43.5. The van der Waals surface area contributed by atoms with Gasteiger partial charge in [0.15, 0.2) is 0 Å². The van der Waals surface area contributed by atoms with Gasteiger partial charge in [-0.1, -0.05) is 0 Å². The highest BCUT2D eigenvalue weighted by molar-refractivity contribution is 5.98. The topological polar surface area (TPSA) is 61.9 Å². The van der Waals surface area contributed by atoms with Gasteiger partial charge in [-0.05, 0) is 31.0 Å². The average Bonchev–Trinajstić information content (AvgIpc) is 3.03. The number of nitrogens with zero attached hydrogens (tertiary/aromatic N) is 2. The molecule has 1 N–H and O–H groups in total. The molecule has 2 aliphatic heterocycles. The summed E-state index contributed by atoms with van der Waals surface area (Å²) in [6.07, 6.45) is -4.41. The number of carbonyl (C=O) groups excluding carboxylic acids is 2. The summed E-state index contributed by atoms with van der Waals surface area (Å²) >= 11 is 0. The number of halogens is 3. The summed E-state index contributed by atoms with van der Waals surface area (Å²) in [7, 11) is 1.88. The predicted molar refractivity (Wildman–Crippen MR) is 84.6 cm³/mol. The molecule has 136 valence electrons. The molecular weight excluding hydrogens is 339 g/mol. The van der Waals surface area contributed by atoms with Crippen LogP contribution in [0.15, 0.2) is 18.2 Å². The average molecular weight is 357 g/mol. The van der Waals surface area contributed by atoms with Gasteiger partial charge in [-0.3, -0.25) is 9.59 Å². The van der Waals surface area contributed by atoms with Crippen LogP contribution < -0.4 is 15.0 Å². The van der Waals surface area contributed by atoms with Gasteiger partial charge in [-0.15, -0.1) is 0 Å². The normalized spacial score (nSPS) is 20.1. The minimum absolute atomic E-state index is 0.0722. The van der Waals surface area contributed by atoms with E-state index in [9.17, 15) is 22.8 Å². The standard InChI is InChI=1S/C16H18F3N3O3/c1-21-7-8-25-13-5-4-10(9-12(13)21)20-14(23)11-3-2-6-22(11)15(24)16(17,18)19/h4-5,9,11H,2-3,6-8H2,1H3,(H,20,23). The monoisotopic (exact) mass is 357 g/mol. The van der Waals surface area contributed by atoms with Crippen molar-refractivity contribution in [2.75, 3.05) is 37.0 Å². The molecule has 9 heteroatoms. The van der Waals surface area contributed by atoms with E-state index in [0.29, 0.717) is 35.9 Å². The molecule has 0 saturated carbocycles. The van der Waals surface area contributed by atoms with Crippen LogP contribution in [0.4, 0.5) is 24.5 Å². The Bertz CT molecular complexity index is 693. The third-order valence-corrected chi connectivity index (χ3v) is 4.38. The molecule has 1 saturated heterocycles. The van der Waals surface area contributed by atoms with E-state index in [1.54, 1.807) is 18.2 Å². The summed E-state index contributed by atoms with van der Waals surface area (Å²) in [5, 5.41) is 2.61. The zero-order chi connectivity index (χ0) is 18.2. The number of amides is 2. The number of hydrogen-bond acceptors (Lipinski definition) is 4. The maximum absolute atomic E-state index is 12.7. The lowest BCUT2D eigenvalue weighted by Gasteiger charge is -2.28. The first-order valence-electron chi connectivity index (χ1n) is 7.94. The third kappa shape index (κ3) is 3.49.